The van der Waals surface area contributed by atoms with Gasteiger partial charge < -0.3 is 5.32 Å². The number of carbonyl (C=O) groups excluding carboxylic acids is 1. The van der Waals surface area contributed by atoms with Crippen LogP contribution in [-0.2, 0) is 4.79 Å². The SMILES string of the molecule is CCCC(NC(=O)CC)C1CCCCC1. The molecule has 0 aromatic heterocycles. The predicted molar refractivity (Wildman–Crippen MR) is 63.7 cm³/mol. The molecule has 0 radical (unpaired) electrons. The number of amides is 1. The maximum atomic E-state index is 11.4. The number of hydrogen-bond acceptors (Lipinski definition) is 1. The highest BCUT2D eigenvalue weighted by molar-refractivity contribution is 5.75. The average Bonchev–Trinajstić information content (AvgIpc) is 2.29. The normalized spacial score (nSPS) is 19.9. The Morgan fingerprint density at radius 1 is 1.27 bits per heavy atom. The Morgan fingerprint density at radius 3 is 2.47 bits per heavy atom. The molecule has 0 aromatic rings. The molecule has 1 aliphatic rings. The van der Waals surface area contributed by atoms with Crippen LogP contribution in [-0.4, -0.2) is 11.9 Å². The monoisotopic (exact) mass is 211 g/mol. The fraction of sp³-hybridized carbons (Fsp3) is 0.923. The molecule has 1 saturated carbocycles. The molecular formula is C13H25NO. The van der Waals surface area contributed by atoms with Gasteiger partial charge in [-0.2, -0.15) is 0 Å². The number of carbonyl (C=O) groups is 1. The standard InChI is InChI=1S/C13H25NO/c1-3-8-12(14-13(15)4-2)11-9-6-5-7-10-11/h11-12H,3-10H2,1-2H3,(H,14,15). The minimum absolute atomic E-state index is 0.221. The fourth-order valence-electron chi connectivity index (χ4n) is 2.58. The zero-order valence-electron chi connectivity index (χ0n) is 10.2. The first-order valence-corrected chi connectivity index (χ1v) is 6.57. The third-order valence-electron chi connectivity index (χ3n) is 3.49. The van der Waals surface area contributed by atoms with E-state index in [9.17, 15) is 4.79 Å². The van der Waals surface area contributed by atoms with Gasteiger partial charge in [-0.1, -0.05) is 39.5 Å². The van der Waals surface area contributed by atoms with E-state index in [1.807, 2.05) is 6.92 Å². The van der Waals surface area contributed by atoms with Gasteiger partial charge in [-0.15, -0.1) is 0 Å². The van der Waals surface area contributed by atoms with Gasteiger partial charge in [0, 0.05) is 12.5 Å². The van der Waals surface area contributed by atoms with Crippen molar-refractivity contribution in [3.63, 3.8) is 0 Å². The Morgan fingerprint density at radius 2 is 1.93 bits per heavy atom. The Kier molecular flexibility index (Phi) is 5.74. The van der Waals surface area contributed by atoms with Gasteiger partial charge in [0.1, 0.15) is 0 Å². The van der Waals surface area contributed by atoms with Gasteiger partial charge >= 0.3 is 0 Å². The third-order valence-corrected chi connectivity index (χ3v) is 3.49. The van der Waals surface area contributed by atoms with Gasteiger partial charge in [-0.05, 0) is 25.2 Å². The minimum Gasteiger partial charge on any atom is -0.353 e. The Balaban J connectivity index is 2.43. The first kappa shape index (κ1) is 12.5. The van der Waals surface area contributed by atoms with E-state index in [1.165, 1.54) is 38.5 Å². The smallest absolute Gasteiger partial charge is 0.219 e. The molecular weight excluding hydrogens is 186 g/mol. The van der Waals surface area contributed by atoms with Crippen LogP contribution in [0.15, 0.2) is 0 Å². The summed E-state index contributed by atoms with van der Waals surface area (Å²) < 4.78 is 0. The molecule has 0 aliphatic heterocycles. The Labute approximate surface area is 93.8 Å². The molecule has 0 heterocycles. The quantitative estimate of drug-likeness (QED) is 0.743. The zero-order chi connectivity index (χ0) is 11.1. The van der Waals surface area contributed by atoms with E-state index in [2.05, 4.69) is 12.2 Å². The van der Waals surface area contributed by atoms with Crippen molar-refractivity contribution in [2.24, 2.45) is 5.92 Å². The van der Waals surface area contributed by atoms with Crippen molar-refractivity contribution in [1.29, 1.82) is 0 Å². The molecule has 1 aliphatic carbocycles. The summed E-state index contributed by atoms with van der Waals surface area (Å²) in [6, 6.07) is 0.447. The second-order valence-electron chi connectivity index (χ2n) is 4.71. The van der Waals surface area contributed by atoms with Crippen LogP contribution in [0.4, 0.5) is 0 Å². The lowest BCUT2D eigenvalue weighted by Crippen LogP contribution is -2.40. The van der Waals surface area contributed by atoms with Crippen molar-refractivity contribution in [3.8, 4) is 0 Å². The minimum atomic E-state index is 0.221. The number of rotatable bonds is 5. The first-order valence-electron chi connectivity index (χ1n) is 6.57. The summed E-state index contributed by atoms with van der Waals surface area (Å²) in [5, 5.41) is 3.20. The van der Waals surface area contributed by atoms with E-state index >= 15 is 0 Å². The van der Waals surface area contributed by atoms with Crippen molar-refractivity contribution in [2.75, 3.05) is 0 Å². The maximum absolute atomic E-state index is 11.4. The molecule has 15 heavy (non-hydrogen) atoms. The molecule has 0 saturated heterocycles. The number of hydrogen-bond donors (Lipinski definition) is 1. The van der Waals surface area contributed by atoms with Crippen LogP contribution in [0.3, 0.4) is 0 Å². The summed E-state index contributed by atoms with van der Waals surface area (Å²) >= 11 is 0. The predicted octanol–water partition coefficient (Wildman–Crippen LogP) is 3.26. The summed E-state index contributed by atoms with van der Waals surface area (Å²) in [5.41, 5.74) is 0. The maximum Gasteiger partial charge on any atom is 0.219 e. The highest BCUT2D eigenvalue weighted by atomic mass is 16.1. The van der Waals surface area contributed by atoms with Crippen LogP contribution >= 0.6 is 0 Å². The van der Waals surface area contributed by atoms with Crippen LogP contribution in [0.1, 0.15) is 65.2 Å². The van der Waals surface area contributed by atoms with E-state index in [4.69, 9.17) is 0 Å². The fourth-order valence-corrected chi connectivity index (χ4v) is 2.58. The second-order valence-corrected chi connectivity index (χ2v) is 4.71. The van der Waals surface area contributed by atoms with Crippen molar-refractivity contribution in [2.45, 2.75) is 71.3 Å². The van der Waals surface area contributed by atoms with Crippen LogP contribution in [0, 0.1) is 5.92 Å². The molecule has 2 nitrogen and oxygen atoms in total. The third kappa shape index (κ3) is 4.23. The highest BCUT2D eigenvalue weighted by Gasteiger charge is 2.23. The lowest BCUT2D eigenvalue weighted by molar-refractivity contribution is -0.122. The second kappa shape index (κ2) is 6.86. The van der Waals surface area contributed by atoms with Crippen molar-refractivity contribution in [3.05, 3.63) is 0 Å². The molecule has 88 valence electrons. The topological polar surface area (TPSA) is 29.1 Å². The molecule has 1 rings (SSSR count). The average molecular weight is 211 g/mol. The number of nitrogens with one attached hydrogen (secondary N) is 1. The zero-order valence-corrected chi connectivity index (χ0v) is 10.2. The van der Waals surface area contributed by atoms with Gasteiger partial charge in [-0.25, -0.2) is 0 Å². The molecule has 1 N–H and O–H groups in total. The van der Waals surface area contributed by atoms with Gasteiger partial charge in [0.15, 0.2) is 0 Å². The largest absolute Gasteiger partial charge is 0.353 e. The van der Waals surface area contributed by atoms with E-state index in [0.717, 1.165) is 12.3 Å². The van der Waals surface area contributed by atoms with Gasteiger partial charge in [0.25, 0.3) is 0 Å². The van der Waals surface area contributed by atoms with E-state index in [0.29, 0.717) is 12.5 Å². The Bertz CT molecular complexity index is 185. The molecule has 1 unspecified atom stereocenters. The van der Waals surface area contributed by atoms with E-state index in [-0.39, 0.29) is 5.91 Å². The molecule has 0 spiro atoms. The molecule has 1 atom stereocenters. The lowest BCUT2D eigenvalue weighted by Gasteiger charge is -2.30. The summed E-state index contributed by atoms with van der Waals surface area (Å²) in [4.78, 5) is 11.4. The van der Waals surface area contributed by atoms with Crippen LogP contribution in [0.2, 0.25) is 0 Å². The van der Waals surface area contributed by atoms with Crippen LogP contribution < -0.4 is 5.32 Å². The van der Waals surface area contributed by atoms with E-state index < -0.39 is 0 Å². The molecule has 2 heteroatoms. The lowest BCUT2D eigenvalue weighted by atomic mass is 9.82. The van der Waals surface area contributed by atoms with Gasteiger partial charge in [-0.3, -0.25) is 4.79 Å². The van der Waals surface area contributed by atoms with Crippen LogP contribution in [0.5, 0.6) is 0 Å². The van der Waals surface area contributed by atoms with Crippen molar-refractivity contribution >= 4 is 5.91 Å². The van der Waals surface area contributed by atoms with Crippen molar-refractivity contribution < 1.29 is 4.79 Å². The first-order chi connectivity index (χ1) is 7.27. The molecule has 1 fully saturated rings. The van der Waals surface area contributed by atoms with Crippen LogP contribution in [0.25, 0.3) is 0 Å². The van der Waals surface area contributed by atoms with Crippen molar-refractivity contribution in [1.82, 2.24) is 5.32 Å². The summed E-state index contributed by atoms with van der Waals surface area (Å²) in [5.74, 6) is 0.966. The summed E-state index contributed by atoms with van der Waals surface area (Å²) in [6.45, 7) is 4.13. The highest BCUT2D eigenvalue weighted by Crippen LogP contribution is 2.28. The molecule has 0 bridgehead atoms. The summed E-state index contributed by atoms with van der Waals surface area (Å²) in [6.07, 6.45) is 9.66. The van der Waals surface area contributed by atoms with E-state index in [1.54, 1.807) is 0 Å². The van der Waals surface area contributed by atoms with Gasteiger partial charge in [0.05, 0.1) is 0 Å². The summed E-state index contributed by atoms with van der Waals surface area (Å²) in [7, 11) is 0. The molecule has 1 amide bonds. The molecule has 0 aromatic carbocycles. The van der Waals surface area contributed by atoms with Gasteiger partial charge in [0.2, 0.25) is 5.91 Å². The Hall–Kier alpha value is -0.530.